The average Bonchev–Trinajstić information content (AvgIpc) is 3.58. The van der Waals surface area contributed by atoms with Gasteiger partial charge in [-0.25, -0.2) is 4.79 Å². The maximum Gasteiger partial charge on any atom is 0.337 e. The summed E-state index contributed by atoms with van der Waals surface area (Å²) in [5.74, 6) is -0.839. The molecule has 10 heteroatoms. The van der Waals surface area contributed by atoms with Gasteiger partial charge in [-0.2, -0.15) is 0 Å². The lowest BCUT2D eigenvalue weighted by atomic mass is 10.0. The zero-order valence-electron chi connectivity index (χ0n) is 20.9. The molecule has 0 aliphatic carbocycles. The molecule has 3 aromatic rings. The van der Waals surface area contributed by atoms with Gasteiger partial charge in [0, 0.05) is 38.9 Å². The van der Waals surface area contributed by atoms with Gasteiger partial charge in [0.15, 0.2) is 0 Å². The van der Waals surface area contributed by atoms with E-state index < -0.39 is 5.97 Å². The van der Waals surface area contributed by atoms with Gasteiger partial charge < -0.3 is 29.7 Å². The summed E-state index contributed by atoms with van der Waals surface area (Å²) in [6.07, 6.45) is 1.83. The fourth-order valence-electron chi connectivity index (χ4n) is 3.97. The number of aromatic nitrogens is 1. The Morgan fingerprint density at radius 1 is 1.14 bits per heavy atom. The number of carbonyl (C=O) groups excluding carboxylic acids is 3. The Kier molecular flexibility index (Phi) is 7.27. The largest absolute Gasteiger partial charge is 0.465 e. The normalized spacial score (nSPS) is 13.9. The van der Waals surface area contributed by atoms with Crippen LogP contribution in [0.25, 0.3) is 11.3 Å². The zero-order chi connectivity index (χ0) is 26.0. The van der Waals surface area contributed by atoms with E-state index in [0.717, 1.165) is 11.4 Å². The molecule has 1 aliphatic heterocycles. The maximum atomic E-state index is 13.1. The number of nitrogens with zero attached hydrogens (tertiary/aromatic N) is 3. The Bertz CT molecular complexity index is 1340. The lowest BCUT2D eigenvalue weighted by Gasteiger charge is -2.19. The molecule has 0 radical (unpaired) electrons. The molecule has 0 saturated carbocycles. The highest BCUT2D eigenvalue weighted by Gasteiger charge is 2.30. The summed E-state index contributed by atoms with van der Waals surface area (Å²) in [5, 5.41) is 8.18. The number of likely N-dealkylation sites (N-methyl/N-ethyl adjacent to an activating group) is 2. The van der Waals surface area contributed by atoms with Crippen LogP contribution in [-0.2, 0) is 16.6 Å². The Morgan fingerprint density at radius 2 is 1.92 bits per heavy atom. The van der Waals surface area contributed by atoms with E-state index in [1.807, 2.05) is 49.8 Å². The van der Waals surface area contributed by atoms with Crippen molar-refractivity contribution >= 4 is 51.8 Å². The van der Waals surface area contributed by atoms with Crippen molar-refractivity contribution in [2.24, 2.45) is 7.05 Å². The number of thiophene rings is 1. The third kappa shape index (κ3) is 5.05. The number of hydrogen-bond acceptors (Lipinski definition) is 7. The van der Waals surface area contributed by atoms with Crippen molar-refractivity contribution in [2.45, 2.75) is 0 Å². The number of ether oxygens (including phenoxy) is 1. The van der Waals surface area contributed by atoms with E-state index in [2.05, 4.69) is 10.6 Å². The summed E-state index contributed by atoms with van der Waals surface area (Å²) in [7, 11) is 8.86. The minimum Gasteiger partial charge on any atom is -0.465 e. The fourth-order valence-corrected chi connectivity index (χ4v) is 4.70. The Balaban J connectivity index is 1.70. The number of carbonyl (C=O) groups is 3. The van der Waals surface area contributed by atoms with Crippen LogP contribution in [0.4, 0.5) is 11.4 Å². The number of benzene rings is 1. The van der Waals surface area contributed by atoms with Crippen LogP contribution in [0.2, 0.25) is 0 Å². The molecule has 0 saturated heterocycles. The second-order valence-corrected chi connectivity index (χ2v) is 9.76. The molecule has 2 N–H and O–H groups in total. The van der Waals surface area contributed by atoms with E-state index in [-0.39, 0.29) is 11.8 Å². The summed E-state index contributed by atoms with van der Waals surface area (Å²) in [6, 6.07) is 10.6. The van der Waals surface area contributed by atoms with Crippen molar-refractivity contribution in [3.05, 3.63) is 69.7 Å². The first-order chi connectivity index (χ1) is 17.2. The van der Waals surface area contributed by atoms with Crippen molar-refractivity contribution in [3.63, 3.8) is 0 Å². The number of fused-ring (bicyclic) bond motifs is 1. The smallest absolute Gasteiger partial charge is 0.337 e. The van der Waals surface area contributed by atoms with Crippen LogP contribution in [0.1, 0.15) is 31.3 Å². The Labute approximate surface area is 214 Å². The van der Waals surface area contributed by atoms with Gasteiger partial charge in [-0.15, -0.1) is 11.3 Å². The molecule has 188 valence electrons. The molecule has 3 heterocycles. The second kappa shape index (κ2) is 10.4. The average molecular weight is 508 g/mol. The summed E-state index contributed by atoms with van der Waals surface area (Å²) in [4.78, 5) is 42.7. The molecule has 0 atom stereocenters. The van der Waals surface area contributed by atoms with Gasteiger partial charge in [-0.1, -0.05) is 12.1 Å². The quantitative estimate of drug-likeness (QED) is 0.358. The predicted molar refractivity (Wildman–Crippen MR) is 142 cm³/mol. The Hall–Kier alpha value is -3.89. The monoisotopic (exact) mass is 507 g/mol. The maximum absolute atomic E-state index is 13.1. The van der Waals surface area contributed by atoms with Crippen LogP contribution in [0.5, 0.6) is 0 Å². The highest BCUT2D eigenvalue weighted by molar-refractivity contribution is 7.11. The van der Waals surface area contributed by atoms with Gasteiger partial charge in [-0.05, 0) is 43.7 Å². The first-order valence-corrected chi connectivity index (χ1v) is 12.2. The lowest BCUT2D eigenvalue weighted by molar-refractivity contribution is -0.110. The number of esters is 1. The number of methoxy groups -OCH3 is 1. The minimum atomic E-state index is -0.474. The van der Waals surface area contributed by atoms with E-state index in [1.54, 1.807) is 40.8 Å². The zero-order valence-corrected chi connectivity index (χ0v) is 21.7. The molecule has 4 rings (SSSR count). The van der Waals surface area contributed by atoms with Crippen LogP contribution in [0, 0.1) is 0 Å². The lowest BCUT2D eigenvalue weighted by Crippen LogP contribution is -2.34. The molecule has 1 aromatic carbocycles. The van der Waals surface area contributed by atoms with Gasteiger partial charge in [0.1, 0.15) is 5.69 Å². The van der Waals surface area contributed by atoms with E-state index in [4.69, 9.17) is 4.74 Å². The van der Waals surface area contributed by atoms with E-state index in [1.165, 1.54) is 18.4 Å². The van der Waals surface area contributed by atoms with Crippen LogP contribution in [0.3, 0.4) is 0 Å². The van der Waals surface area contributed by atoms with Crippen molar-refractivity contribution in [1.29, 1.82) is 0 Å². The Morgan fingerprint density at radius 3 is 2.58 bits per heavy atom. The van der Waals surface area contributed by atoms with Gasteiger partial charge >= 0.3 is 5.97 Å². The first kappa shape index (κ1) is 25.2. The summed E-state index contributed by atoms with van der Waals surface area (Å²) in [6.45, 7) is 1.37. The molecule has 2 aromatic heterocycles. The molecule has 0 bridgehead atoms. The number of nitrogens with one attached hydrogen (secondary N) is 2. The van der Waals surface area contributed by atoms with Crippen molar-refractivity contribution in [3.8, 4) is 0 Å². The van der Waals surface area contributed by atoms with Crippen LogP contribution in [0.15, 0.2) is 48.0 Å². The van der Waals surface area contributed by atoms with Crippen molar-refractivity contribution < 1.29 is 19.1 Å². The van der Waals surface area contributed by atoms with E-state index in [9.17, 15) is 14.4 Å². The third-order valence-electron chi connectivity index (χ3n) is 5.93. The number of amides is 2. The highest BCUT2D eigenvalue weighted by atomic mass is 32.1. The molecule has 9 nitrogen and oxygen atoms in total. The third-order valence-corrected chi connectivity index (χ3v) is 6.81. The van der Waals surface area contributed by atoms with Gasteiger partial charge in [0.2, 0.25) is 0 Å². The molecule has 0 spiro atoms. The van der Waals surface area contributed by atoms with Gasteiger partial charge in [0.25, 0.3) is 11.8 Å². The number of anilines is 2. The molecule has 0 fully saturated rings. The molecule has 2 amide bonds. The van der Waals surface area contributed by atoms with Crippen LogP contribution < -0.4 is 10.6 Å². The van der Waals surface area contributed by atoms with Crippen molar-refractivity contribution in [2.75, 3.05) is 52.0 Å². The second-order valence-electron chi connectivity index (χ2n) is 8.81. The SMILES string of the molecule is COC(=O)c1ccc2c(c1)NC(=O)C2=C(Nc1cc(C(=O)N(C)CCN(C)C)n(C)c1)c1cccs1. The van der Waals surface area contributed by atoms with Crippen LogP contribution in [-0.4, -0.2) is 73.5 Å². The molecule has 0 unspecified atom stereocenters. The fraction of sp³-hybridized carbons (Fsp3) is 0.269. The summed E-state index contributed by atoms with van der Waals surface area (Å²) in [5.41, 5.74) is 3.88. The van der Waals surface area contributed by atoms with E-state index in [0.29, 0.717) is 46.0 Å². The minimum absolute atomic E-state index is 0.0861. The molecular formula is C26H29N5O4S. The van der Waals surface area contributed by atoms with Gasteiger partial charge in [0.05, 0.1) is 40.2 Å². The van der Waals surface area contributed by atoms with E-state index >= 15 is 0 Å². The van der Waals surface area contributed by atoms with Crippen molar-refractivity contribution in [1.82, 2.24) is 14.4 Å². The molecule has 36 heavy (non-hydrogen) atoms. The topological polar surface area (TPSA) is 95.9 Å². The molecular weight excluding hydrogens is 478 g/mol. The summed E-state index contributed by atoms with van der Waals surface area (Å²) < 4.78 is 6.58. The number of rotatable bonds is 8. The summed E-state index contributed by atoms with van der Waals surface area (Å²) >= 11 is 1.50. The first-order valence-electron chi connectivity index (χ1n) is 11.4. The standard InChI is InChI=1S/C26H29N5O4S/c1-29(2)10-11-30(3)25(33)20-14-17(15-31(20)4)27-23(21-7-6-12-36-21)22-18-9-8-16(26(34)35-5)13-19(18)28-24(22)32/h6-9,12-15,27H,10-11H2,1-5H3,(H,28,32). The number of hydrogen-bond donors (Lipinski definition) is 2. The highest BCUT2D eigenvalue weighted by Crippen LogP contribution is 2.39. The number of aryl methyl sites for hydroxylation is 1. The van der Waals surface area contributed by atoms with Gasteiger partial charge in [-0.3, -0.25) is 9.59 Å². The van der Waals surface area contributed by atoms with Crippen LogP contribution >= 0.6 is 11.3 Å². The molecule has 1 aliphatic rings. The predicted octanol–water partition coefficient (Wildman–Crippen LogP) is 3.44.